The fraction of sp³-hybridized carbons (Fsp3) is 0.325. The van der Waals surface area contributed by atoms with Gasteiger partial charge in [0, 0.05) is 23.3 Å². The Balaban J connectivity index is 0.000000145. The molecule has 0 aliphatic rings. The van der Waals surface area contributed by atoms with Gasteiger partial charge in [0.15, 0.2) is 0 Å². The highest BCUT2D eigenvalue weighted by Gasteiger charge is 2.16. The van der Waals surface area contributed by atoms with E-state index in [9.17, 15) is 0 Å². The summed E-state index contributed by atoms with van der Waals surface area (Å²) in [6.07, 6.45) is 3.93. The minimum absolute atomic E-state index is 0.107. The zero-order valence-corrected chi connectivity index (χ0v) is 27.3. The molecule has 42 heavy (non-hydrogen) atoms. The third-order valence-corrected chi connectivity index (χ3v) is 7.72. The molecule has 0 unspecified atom stereocenters. The van der Waals surface area contributed by atoms with Gasteiger partial charge in [-0.3, -0.25) is 0 Å². The van der Waals surface area contributed by atoms with Crippen molar-refractivity contribution in [3.63, 3.8) is 0 Å². The summed E-state index contributed by atoms with van der Waals surface area (Å²) in [5.41, 5.74) is 5.83. The van der Waals surface area contributed by atoms with Gasteiger partial charge in [-0.2, -0.15) is 0 Å². The summed E-state index contributed by atoms with van der Waals surface area (Å²) in [6, 6.07) is 34.6. The van der Waals surface area contributed by atoms with Gasteiger partial charge in [0.05, 0.1) is 0 Å². The Morgan fingerprint density at radius 3 is 1.74 bits per heavy atom. The van der Waals surface area contributed by atoms with Crippen LogP contribution in [0.5, 0.6) is 0 Å². The predicted octanol–water partition coefficient (Wildman–Crippen LogP) is 11.4. The molecular formula is C40H48N2. The highest BCUT2D eigenvalue weighted by Crippen LogP contribution is 2.29. The van der Waals surface area contributed by atoms with E-state index in [1.54, 1.807) is 0 Å². The van der Waals surface area contributed by atoms with Crippen LogP contribution in [-0.2, 0) is 16.4 Å². The van der Waals surface area contributed by atoms with E-state index in [2.05, 4.69) is 176 Å². The number of benzene rings is 4. The van der Waals surface area contributed by atoms with Crippen LogP contribution in [0.1, 0.15) is 79.0 Å². The van der Waals surface area contributed by atoms with Crippen molar-refractivity contribution < 1.29 is 0 Å². The second-order valence-electron chi connectivity index (χ2n) is 14.3. The molecule has 6 aromatic rings. The molecular weight excluding hydrogens is 508 g/mol. The maximum Gasteiger partial charge on any atom is 0.140 e. The van der Waals surface area contributed by atoms with Gasteiger partial charge in [-0.1, -0.05) is 120 Å². The third-order valence-electron chi connectivity index (χ3n) is 7.72. The van der Waals surface area contributed by atoms with Crippen molar-refractivity contribution in [1.29, 1.82) is 0 Å². The van der Waals surface area contributed by atoms with E-state index >= 15 is 0 Å². The van der Waals surface area contributed by atoms with Crippen LogP contribution in [0.3, 0.4) is 0 Å². The first-order chi connectivity index (χ1) is 19.6. The molecule has 0 aliphatic heterocycles. The van der Waals surface area contributed by atoms with E-state index in [0.717, 1.165) is 5.65 Å². The molecule has 0 atom stereocenters. The zero-order valence-electron chi connectivity index (χ0n) is 27.3. The molecule has 2 nitrogen and oxygen atoms in total. The highest BCUT2D eigenvalue weighted by molar-refractivity contribution is 5.86. The Morgan fingerprint density at radius 1 is 0.524 bits per heavy atom. The van der Waals surface area contributed by atoms with Crippen LogP contribution in [-0.4, -0.2) is 9.55 Å². The van der Waals surface area contributed by atoms with Crippen LogP contribution in [0.15, 0.2) is 109 Å². The first-order valence-electron chi connectivity index (χ1n) is 15.1. The Bertz CT molecular complexity index is 1780. The zero-order chi connectivity index (χ0) is 30.7. The smallest absolute Gasteiger partial charge is 0.140 e. The summed E-state index contributed by atoms with van der Waals surface area (Å²) < 4.78 is 2.20. The van der Waals surface area contributed by atoms with Crippen LogP contribution in [0.25, 0.3) is 32.6 Å². The molecule has 0 bridgehead atoms. The molecule has 6 rings (SSSR count). The molecule has 2 heteroatoms. The van der Waals surface area contributed by atoms with Gasteiger partial charge in [0.25, 0.3) is 0 Å². The average Bonchev–Trinajstić information content (AvgIpc) is 3.38. The highest BCUT2D eigenvalue weighted by atomic mass is 15.1. The topological polar surface area (TPSA) is 17.8 Å². The fourth-order valence-corrected chi connectivity index (χ4v) is 5.10. The lowest BCUT2D eigenvalue weighted by Crippen LogP contribution is -2.20. The van der Waals surface area contributed by atoms with Gasteiger partial charge in [0.2, 0.25) is 0 Å². The number of aromatic nitrogens is 2. The molecule has 0 spiro atoms. The normalized spacial score (nSPS) is 12.0. The Morgan fingerprint density at radius 2 is 1.10 bits per heavy atom. The van der Waals surface area contributed by atoms with Crippen molar-refractivity contribution in [2.24, 2.45) is 0 Å². The number of aryl methyl sites for hydroxylation is 1. The van der Waals surface area contributed by atoms with E-state index < -0.39 is 0 Å². The van der Waals surface area contributed by atoms with Gasteiger partial charge >= 0.3 is 0 Å². The molecule has 0 fully saturated rings. The van der Waals surface area contributed by atoms with E-state index in [4.69, 9.17) is 0 Å². The van der Waals surface area contributed by atoms with Crippen LogP contribution in [0.4, 0.5) is 0 Å². The van der Waals surface area contributed by atoms with Crippen molar-refractivity contribution in [1.82, 2.24) is 9.55 Å². The molecule has 0 N–H and O–H groups in total. The van der Waals surface area contributed by atoms with Gasteiger partial charge in [-0.05, 0) is 95.0 Å². The molecule has 0 saturated carbocycles. The van der Waals surface area contributed by atoms with Gasteiger partial charge in [0.1, 0.15) is 5.65 Å². The monoisotopic (exact) mass is 556 g/mol. The molecule has 0 radical (unpaired) electrons. The minimum atomic E-state index is 0.107. The van der Waals surface area contributed by atoms with E-state index in [1.807, 2.05) is 12.3 Å². The Labute approximate surface area is 253 Å². The van der Waals surface area contributed by atoms with Crippen LogP contribution in [0, 0.1) is 6.92 Å². The van der Waals surface area contributed by atoms with Crippen LogP contribution < -0.4 is 0 Å². The summed E-state index contributed by atoms with van der Waals surface area (Å²) in [5.74, 6) is 0. The molecule has 2 aromatic heterocycles. The lowest BCUT2D eigenvalue weighted by molar-refractivity contribution is 0.408. The largest absolute Gasteiger partial charge is 0.327 e. The second-order valence-corrected chi connectivity index (χ2v) is 14.3. The maximum atomic E-state index is 4.37. The fourth-order valence-electron chi connectivity index (χ4n) is 5.10. The molecule has 2 heterocycles. The quantitative estimate of drug-likeness (QED) is 0.182. The average molecular weight is 557 g/mol. The lowest BCUT2D eigenvalue weighted by atomic mass is 9.84. The Hall–Kier alpha value is -3.91. The van der Waals surface area contributed by atoms with Crippen molar-refractivity contribution >= 4 is 32.6 Å². The predicted molar refractivity (Wildman–Crippen MR) is 185 cm³/mol. The molecule has 0 amide bonds. The summed E-state index contributed by atoms with van der Waals surface area (Å²) in [7, 11) is 0. The maximum absolute atomic E-state index is 4.37. The Kier molecular flexibility index (Phi) is 8.97. The van der Waals surface area contributed by atoms with E-state index in [1.165, 1.54) is 43.6 Å². The number of fused-ring (bicyclic) bond motifs is 3. The first-order valence-corrected chi connectivity index (χ1v) is 15.1. The molecule has 0 saturated heterocycles. The molecule has 218 valence electrons. The number of hydrogen-bond donors (Lipinski definition) is 0. The molecule has 4 aromatic carbocycles. The summed E-state index contributed by atoms with van der Waals surface area (Å²) in [6.45, 7) is 22.3. The van der Waals surface area contributed by atoms with E-state index in [-0.39, 0.29) is 16.4 Å². The van der Waals surface area contributed by atoms with Crippen molar-refractivity contribution in [3.8, 4) is 0 Å². The summed E-state index contributed by atoms with van der Waals surface area (Å²) in [5, 5.41) is 6.57. The lowest BCUT2D eigenvalue weighted by Gasteiger charge is -2.21. The van der Waals surface area contributed by atoms with Gasteiger partial charge in [-0.15, -0.1) is 0 Å². The summed E-state index contributed by atoms with van der Waals surface area (Å²) in [4.78, 5) is 4.37. The van der Waals surface area contributed by atoms with Gasteiger partial charge in [-0.25, -0.2) is 4.98 Å². The summed E-state index contributed by atoms with van der Waals surface area (Å²) >= 11 is 0. The van der Waals surface area contributed by atoms with Crippen LogP contribution in [0.2, 0.25) is 0 Å². The SMILES string of the molecule is CC(C)(C)c1ccc2ccccc2c1.CC(C)(C)n1ccc2cccnc21.Cc1cc(C(C)(C)C)cc2ccccc12. The van der Waals surface area contributed by atoms with Crippen molar-refractivity contribution in [3.05, 3.63) is 126 Å². The van der Waals surface area contributed by atoms with Crippen molar-refractivity contribution in [2.45, 2.75) is 85.6 Å². The second kappa shape index (κ2) is 12.1. The first kappa shape index (κ1) is 31.0. The van der Waals surface area contributed by atoms with E-state index in [0.29, 0.717) is 0 Å². The standard InChI is InChI=1S/C15H18.C14H16.C11H14N2/c1-11-9-13(15(2,3)4)10-12-7-5-6-8-14(11)12;1-14(2,3)13-9-8-11-6-4-5-7-12(11)10-13;1-11(2,3)13-8-6-9-5-4-7-12-10(9)13/h5-10H,1-4H3;4-10H,1-3H3;4-8H,1-3H3. The number of nitrogens with zero attached hydrogens (tertiary/aromatic N) is 2. The third kappa shape index (κ3) is 7.48. The number of rotatable bonds is 0. The number of pyridine rings is 1. The van der Waals surface area contributed by atoms with Gasteiger partial charge < -0.3 is 4.57 Å². The number of hydrogen-bond acceptors (Lipinski definition) is 1. The minimum Gasteiger partial charge on any atom is -0.327 e. The molecule has 0 aliphatic carbocycles. The van der Waals surface area contributed by atoms with Crippen LogP contribution >= 0.6 is 0 Å². The van der Waals surface area contributed by atoms with Crippen molar-refractivity contribution in [2.75, 3.05) is 0 Å².